The van der Waals surface area contributed by atoms with Gasteiger partial charge in [-0.2, -0.15) is 0 Å². The smallest absolute Gasteiger partial charge is 0.353 e. The molecule has 0 aromatic rings. The molecule has 0 bridgehead atoms. The van der Waals surface area contributed by atoms with E-state index in [9.17, 15) is 14.0 Å². The minimum atomic E-state index is -2.39. The Balaban J connectivity index is 4.40. The van der Waals surface area contributed by atoms with Crippen LogP contribution in [0.4, 0.5) is 4.39 Å². The standard InChI is InChI=1S/C11H19FO4/c1-10(2,3)15-8(13)7(12)9(14)16-11(4,5)6/h7H,1-6H3. The van der Waals surface area contributed by atoms with E-state index in [2.05, 4.69) is 0 Å². The molecule has 0 N–H and O–H groups in total. The van der Waals surface area contributed by atoms with E-state index in [0.717, 1.165) is 0 Å². The second kappa shape index (κ2) is 4.80. The summed E-state index contributed by atoms with van der Waals surface area (Å²) in [6, 6.07) is 0. The summed E-state index contributed by atoms with van der Waals surface area (Å²) in [6.45, 7) is 9.54. The van der Waals surface area contributed by atoms with Gasteiger partial charge in [-0.15, -0.1) is 0 Å². The highest BCUT2D eigenvalue weighted by Gasteiger charge is 2.34. The van der Waals surface area contributed by atoms with Gasteiger partial charge in [-0.1, -0.05) is 0 Å². The molecular weight excluding hydrogens is 215 g/mol. The fourth-order valence-electron chi connectivity index (χ4n) is 0.803. The van der Waals surface area contributed by atoms with Crippen molar-refractivity contribution >= 4 is 11.9 Å². The molecule has 0 saturated heterocycles. The third kappa shape index (κ3) is 6.37. The first-order valence-corrected chi connectivity index (χ1v) is 5.02. The van der Waals surface area contributed by atoms with Gasteiger partial charge >= 0.3 is 11.9 Å². The van der Waals surface area contributed by atoms with Crippen LogP contribution in [-0.4, -0.2) is 29.3 Å². The fourth-order valence-corrected chi connectivity index (χ4v) is 0.803. The topological polar surface area (TPSA) is 52.6 Å². The van der Waals surface area contributed by atoms with Crippen LogP contribution in [0.3, 0.4) is 0 Å². The number of hydrogen-bond donors (Lipinski definition) is 0. The molecular formula is C11H19FO4. The van der Waals surface area contributed by atoms with Crippen LogP contribution in [0.5, 0.6) is 0 Å². The molecule has 0 heterocycles. The van der Waals surface area contributed by atoms with Gasteiger partial charge in [0.1, 0.15) is 11.2 Å². The lowest BCUT2D eigenvalue weighted by atomic mass is 10.2. The molecule has 0 aromatic heterocycles. The third-order valence-electron chi connectivity index (χ3n) is 1.23. The molecule has 94 valence electrons. The molecule has 0 aliphatic carbocycles. The number of ether oxygens (including phenoxy) is 2. The second-order valence-electron chi connectivity index (χ2n) is 5.43. The van der Waals surface area contributed by atoms with Gasteiger partial charge in [0.2, 0.25) is 0 Å². The summed E-state index contributed by atoms with van der Waals surface area (Å²) in [5, 5.41) is 0. The lowest BCUT2D eigenvalue weighted by Gasteiger charge is -2.23. The van der Waals surface area contributed by atoms with Gasteiger partial charge in [0, 0.05) is 0 Å². The van der Waals surface area contributed by atoms with Crippen molar-refractivity contribution in [1.82, 2.24) is 0 Å². The number of esters is 2. The Morgan fingerprint density at radius 2 is 1.12 bits per heavy atom. The lowest BCUT2D eigenvalue weighted by Crippen LogP contribution is -2.38. The first-order valence-electron chi connectivity index (χ1n) is 5.02. The van der Waals surface area contributed by atoms with Crippen molar-refractivity contribution in [3.8, 4) is 0 Å². The van der Waals surface area contributed by atoms with Gasteiger partial charge in [0.25, 0.3) is 6.17 Å². The van der Waals surface area contributed by atoms with Gasteiger partial charge in [0.15, 0.2) is 0 Å². The number of hydrogen-bond acceptors (Lipinski definition) is 4. The Hall–Kier alpha value is -1.13. The molecule has 0 aromatic carbocycles. The van der Waals surface area contributed by atoms with E-state index in [1.165, 1.54) is 0 Å². The second-order valence-corrected chi connectivity index (χ2v) is 5.43. The molecule has 0 amide bonds. The maximum Gasteiger partial charge on any atom is 0.353 e. The average molecular weight is 234 g/mol. The van der Waals surface area contributed by atoms with Crippen LogP contribution in [0.15, 0.2) is 0 Å². The van der Waals surface area contributed by atoms with Gasteiger partial charge < -0.3 is 9.47 Å². The predicted molar refractivity (Wildman–Crippen MR) is 56.6 cm³/mol. The van der Waals surface area contributed by atoms with Crippen LogP contribution in [0, 0.1) is 0 Å². The molecule has 0 spiro atoms. The Morgan fingerprint density at radius 1 is 0.875 bits per heavy atom. The van der Waals surface area contributed by atoms with E-state index < -0.39 is 29.3 Å². The number of carbonyl (C=O) groups excluding carboxylic acids is 2. The van der Waals surface area contributed by atoms with Gasteiger partial charge in [0.05, 0.1) is 0 Å². The molecule has 5 heteroatoms. The number of rotatable bonds is 2. The van der Waals surface area contributed by atoms with E-state index in [0.29, 0.717) is 0 Å². The maximum atomic E-state index is 13.3. The third-order valence-corrected chi connectivity index (χ3v) is 1.23. The van der Waals surface area contributed by atoms with E-state index in [4.69, 9.17) is 9.47 Å². The zero-order valence-electron chi connectivity index (χ0n) is 10.6. The van der Waals surface area contributed by atoms with Crippen molar-refractivity contribution in [2.24, 2.45) is 0 Å². The molecule has 0 saturated carbocycles. The minimum Gasteiger partial charge on any atom is -0.457 e. The van der Waals surface area contributed by atoms with Crippen LogP contribution in [0.2, 0.25) is 0 Å². The summed E-state index contributed by atoms with van der Waals surface area (Å²) in [5.74, 6) is -2.44. The highest BCUT2D eigenvalue weighted by Crippen LogP contribution is 2.14. The van der Waals surface area contributed by atoms with Gasteiger partial charge in [-0.3, -0.25) is 0 Å². The molecule has 0 aliphatic rings. The Morgan fingerprint density at radius 3 is 1.31 bits per heavy atom. The van der Waals surface area contributed by atoms with Gasteiger partial charge in [-0.25, -0.2) is 14.0 Å². The number of alkyl halides is 1. The zero-order chi connectivity index (χ0) is 13.1. The minimum absolute atomic E-state index is 0.830. The first kappa shape index (κ1) is 14.9. The van der Waals surface area contributed by atoms with Crippen LogP contribution in [0.25, 0.3) is 0 Å². The normalized spacial score (nSPS) is 12.5. The summed E-state index contributed by atoms with van der Waals surface area (Å²) in [5.41, 5.74) is -1.66. The predicted octanol–water partition coefficient (Wildman–Crippen LogP) is 2.01. The molecule has 0 rings (SSSR count). The summed E-state index contributed by atoms with van der Waals surface area (Å²) in [6.07, 6.45) is -2.39. The van der Waals surface area contributed by atoms with Crippen LogP contribution in [0.1, 0.15) is 41.5 Å². The lowest BCUT2D eigenvalue weighted by molar-refractivity contribution is -0.175. The molecule has 0 fully saturated rings. The van der Waals surface area contributed by atoms with Crippen LogP contribution in [-0.2, 0) is 19.1 Å². The van der Waals surface area contributed by atoms with Crippen molar-refractivity contribution in [2.75, 3.05) is 0 Å². The number of halogens is 1. The van der Waals surface area contributed by atoms with E-state index >= 15 is 0 Å². The van der Waals surface area contributed by atoms with Crippen LogP contribution < -0.4 is 0 Å². The van der Waals surface area contributed by atoms with E-state index in [1.54, 1.807) is 41.5 Å². The van der Waals surface area contributed by atoms with Crippen molar-refractivity contribution in [3.63, 3.8) is 0 Å². The molecule has 0 radical (unpaired) electrons. The van der Waals surface area contributed by atoms with E-state index in [-0.39, 0.29) is 0 Å². The average Bonchev–Trinajstić information content (AvgIpc) is 1.96. The fraction of sp³-hybridized carbons (Fsp3) is 0.818. The Kier molecular flexibility index (Phi) is 4.46. The Labute approximate surface area is 95.1 Å². The van der Waals surface area contributed by atoms with Crippen molar-refractivity contribution in [3.05, 3.63) is 0 Å². The molecule has 0 aliphatic heterocycles. The molecule has 0 atom stereocenters. The van der Waals surface area contributed by atoms with E-state index in [1.807, 2.05) is 0 Å². The maximum absolute atomic E-state index is 13.3. The zero-order valence-corrected chi connectivity index (χ0v) is 10.6. The van der Waals surface area contributed by atoms with Crippen LogP contribution >= 0.6 is 0 Å². The molecule has 16 heavy (non-hydrogen) atoms. The Bertz CT molecular complexity index is 245. The van der Waals surface area contributed by atoms with Crippen molar-refractivity contribution < 1.29 is 23.5 Å². The molecule has 4 nitrogen and oxygen atoms in total. The SMILES string of the molecule is CC(C)(C)OC(=O)C(F)C(=O)OC(C)(C)C. The molecule has 0 unspecified atom stereocenters. The summed E-state index contributed by atoms with van der Waals surface area (Å²) in [7, 11) is 0. The highest BCUT2D eigenvalue weighted by atomic mass is 19.1. The summed E-state index contributed by atoms with van der Waals surface area (Å²) < 4.78 is 22.7. The van der Waals surface area contributed by atoms with Gasteiger partial charge in [-0.05, 0) is 41.5 Å². The van der Waals surface area contributed by atoms with Crippen molar-refractivity contribution in [1.29, 1.82) is 0 Å². The van der Waals surface area contributed by atoms with Crippen molar-refractivity contribution in [2.45, 2.75) is 58.9 Å². The monoisotopic (exact) mass is 234 g/mol. The first-order chi connectivity index (χ1) is 6.92. The number of carbonyl (C=O) groups is 2. The quantitative estimate of drug-likeness (QED) is 0.541. The highest BCUT2D eigenvalue weighted by molar-refractivity contribution is 5.98. The largest absolute Gasteiger partial charge is 0.457 e. The summed E-state index contributed by atoms with van der Waals surface area (Å²) >= 11 is 0. The summed E-state index contributed by atoms with van der Waals surface area (Å²) in [4.78, 5) is 22.4.